The van der Waals surface area contributed by atoms with Crippen LogP contribution in [-0.4, -0.2) is 18.0 Å². The summed E-state index contributed by atoms with van der Waals surface area (Å²) in [5.41, 5.74) is 7.16. The number of halogens is 1. The Labute approximate surface area is 103 Å². The highest BCUT2D eigenvalue weighted by molar-refractivity contribution is 5.41. The van der Waals surface area contributed by atoms with Gasteiger partial charge in [-0.2, -0.15) is 0 Å². The molecule has 94 valence electrons. The van der Waals surface area contributed by atoms with Crippen molar-refractivity contribution in [2.75, 3.05) is 18.8 Å². The van der Waals surface area contributed by atoms with E-state index in [1.54, 1.807) is 6.07 Å². The molecule has 1 saturated carbocycles. The fraction of sp³-hybridized carbons (Fsp3) is 0.571. The van der Waals surface area contributed by atoms with E-state index < -0.39 is 0 Å². The molecule has 1 aliphatic rings. The average Bonchev–Trinajstić information content (AvgIpc) is 3.00. The molecular formula is C14H21FN2. The Morgan fingerprint density at radius 1 is 1.35 bits per heavy atom. The molecule has 1 aromatic rings. The highest BCUT2D eigenvalue weighted by atomic mass is 19.1. The first-order valence-electron chi connectivity index (χ1n) is 6.44. The van der Waals surface area contributed by atoms with Crippen molar-refractivity contribution >= 4 is 5.69 Å². The minimum Gasteiger partial charge on any atom is -0.399 e. The van der Waals surface area contributed by atoms with Crippen molar-refractivity contribution in [3.8, 4) is 0 Å². The number of anilines is 1. The fourth-order valence-electron chi connectivity index (χ4n) is 2.24. The maximum Gasteiger partial charge on any atom is 0.125 e. The summed E-state index contributed by atoms with van der Waals surface area (Å²) >= 11 is 0. The van der Waals surface area contributed by atoms with Gasteiger partial charge in [0.2, 0.25) is 0 Å². The van der Waals surface area contributed by atoms with E-state index in [1.807, 2.05) is 6.07 Å². The average molecular weight is 236 g/mol. The Kier molecular flexibility index (Phi) is 4.00. The topological polar surface area (TPSA) is 29.3 Å². The quantitative estimate of drug-likeness (QED) is 0.769. The molecular weight excluding hydrogens is 215 g/mol. The third-order valence-corrected chi connectivity index (χ3v) is 3.14. The lowest BCUT2D eigenvalue weighted by Gasteiger charge is -2.21. The normalized spacial score (nSPS) is 15.5. The van der Waals surface area contributed by atoms with Crippen LogP contribution in [0, 0.1) is 11.7 Å². The van der Waals surface area contributed by atoms with Crippen LogP contribution in [0.3, 0.4) is 0 Å². The molecule has 0 aliphatic heterocycles. The van der Waals surface area contributed by atoms with Crippen molar-refractivity contribution < 1.29 is 4.39 Å². The molecule has 17 heavy (non-hydrogen) atoms. The van der Waals surface area contributed by atoms with Crippen LogP contribution in [-0.2, 0) is 6.54 Å². The van der Waals surface area contributed by atoms with Crippen molar-refractivity contribution in [1.29, 1.82) is 0 Å². The van der Waals surface area contributed by atoms with Crippen molar-refractivity contribution in [1.82, 2.24) is 4.90 Å². The Morgan fingerprint density at radius 3 is 2.71 bits per heavy atom. The first-order chi connectivity index (χ1) is 8.17. The first kappa shape index (κ1) is 12.4. The van der Waals surface area contributed by atoms with E-state index in [0.717, 1.165) is 37.5 Å². The Hall–Kier alpha value is -1.09. The second kappa shape index (κ2) is 5.50. The number of hydrogen-bond donors (Lipinski definition) is 1. The standard InChI is InChI=1S/C14H21FN2/c1-2-5-17(9-11-3-4-11)10-12-6-13(15)8-14(16)7-12/h6-8,11H,2-5,9-10,16H2,1H3. The van der Waals surface area contributed by atoms with E-state index in [2.05, 4.69) is 11.8 Å². The largest absolute Gasteiger partial charge is 0.399 e. The van der Waals surface area contributed by atoms with Gasteiger partial charge in [-0.25, -0.2) is 4.39 Å². The van der Waals surface area contributed by atoms with Crippen molar-refractivity contribution in [3.05, 3.63) is 29.6 Å². The van der Waals surface area contributed by atoms with Crippen molar-refractivity contribution in [3.63, 3.8) is 0 Å². The van der Waals surface area contributed by atoms with Gasteiger partial charge in [-0.05, 0) is 55.5 Å². The van der Waals surface area contributed by atoms with Gasteiger partial charge < -0.3 is 5.73 Å². The highest BCUT2D eigenvalue weighted by Crippen LogP contribution is 2.30. The maximum absolute atomic E-state index is 13.2. The number of nitrogens with two attached hydrogens (primary N) is 1. The zero-order valence-corrected chi connectivity index (χ0v) is 10.5. The molecule has 0 spiro atoms. The van der Waals surface area contributed by atoms with Crippen LogP contribution >= 0.6 is 0 Å². The summed E-state index contributed by atoms with van der Waals surface area (Å²) in [5.74, 6) is 0.635. The van der Waals surface area contributed by atoms with Gasteiger partial charge in [0, 0.05) is 18.8 Å². The van der Waals surface area contributed by atoms with Gasteiger partial charge in [-0.1, -0.05) is 6.92 Å². The Balaban J connectivity index is 1.99. The fourth-order valence-corrected chi connectivity index (χ4v) is 2.24. The Morgan fingerprint density at radius 2 is 2.12 bits per heavy atom. The molecule has 2 nitrogen and oxygen atoms in total. The van der Waals surface area contributed by atoms with E-state index in [-0.39, 0.29) is 5.82 Å². The van der Waals surface area contributed by atoms with E-state index in [9.17, 15) is 4.39 Å². The molecule has 0 aromatic heterocycles. The molecule has 0 bridgehead atoms. The smallest absolute Gasteiger partial charge is 0.125 e. The van der Waals surface area contributed by atoms with Crippen LogP contribution in [0.4, 0.5) is 10.1 Å². The van der Waals surface area contributed by atoms with Crippen molar-refractivity contribution in [2.24, 2.45) is 5.92 Å². The first-order valence-corrected chi connectivity index (χ1v) is 6.44. The zero-order chi connectivity index (χ0) is 12.3. The second-order valence-electron chi connectivity index (χ2n) is 5.07. The summed E-state index contributed by atoms with van der Waals surface area (Å²) in [7, 11) is 0. The maximum atomic E-state index is 13.2. The monoisotopic (exact) mass is 236 g/mol. The summed E-state index contributed by atoms with van der Waals surface area (Å²) in [6.07, 6.45) is 3.84. The van der Waals surface area contributed by atoms with E-state index >= 15 is 0 Å². The van der Waals surface area contributed by atoms with Crippen LogP contribution in [0.2, 0.25) is 0 Å². The SMILES string of the molecule is CCCN(Cc1cc(N)cc(F)c1)CC1CC1. The molecule has 1 aromatic carbocycles. The predicted octanol–water partition coefficient (Wildman–Crippen LogP) is 3.03. The summed E-state index contributed by atoms with van der Waals surface area (Å²) in [4.78, 5) is 2.41. The number of hydrogen-bond acceptors (Lipinski definition) is 2. The Bertz CT molecular complexity index is 354. The summed E-state index contributed by atoms with van der Waals surface area (Å²) < 4.78 is 13.2. The van der Waals surface area contributed by atoms with Crippen LogP contribution in [0.1, 0.15) is 31.7 Å². The number of rotatable bonds is 6. The minimum absolute atomic E-state index is 0.233. The lowest BCUT2D eigenvalue weighted by Crippen LogP contribution is -2.26. The van der Waals surface area contributed by atoms with E-state index in [1.165, 1.54) is 18.9 Å². The lowest BCUT2D eigenvalue weighted by molar-refractivity contribution is 0.255. The van der Waals surface area contributed by atoms with Gasteiger partial charge in [-0.3, -0.25) is 4.90 Å². The number of benzene rings is 1. The minimum atomic E-state index is -0.233. The molecule has 0 unspecified atom stereocenters. The van der Waals surface area contributed by atoms with E-state index in [0.29, 0.717) is 5.69 Å². The van der Waals surface area contributed by atoms with Crippen molar-refractivity contribution in [2.45, 2.75) is 32.7 Å². The zero-order valence-electron chi connectivity index (χ0n) is 10.5. The highest BCUT2D eigenvalue weighted by Gasteiger charge is 2.23. The lowest BCUT2D eigenvalue weighted by atomic mass is 10.1. The van der Waals surface area contributed by atoms with Gasteiger partial charge in [0.05, 0.1) is 0 Å². The van der Waals surface area contributed by atoms with Gasteiger partial charge in [-0.15, -0.1) is 0 Å². The van der Waals surface area contributed by atoms with Gasteiger partial charge in [0.15, 0.2) is 0 Å². The van der Waals surface area contributed by atoms with Crippen LogP contribution < -0.4 is 5.73 Å². The third kappa shape index (κ3) is 4.00. The molecule has 0 atom stereocenters. The molecule has 0 amide bonds. The molecule has 0 radical (unpaired) electrons. The van der Waals surface area contributed by atoms with Crippen LogP contribution in [0.25, 0.3) is 0 Å². The molecule has 0 saturated heterocycles. The number of nitrogen functional groups attached to an aromatic ring is 1. The van der Waals surface area contributed by atoms with Gasteiger partial charge >= 0.3 is 0 Å². The van der Waals surface area contributed by atoms with Crippen LogP contribution in [0.5, 0.6) is 0 Å². The summed E-state index contributed by atoms with van der Waals surface area (Å²) in [5, 5.41) is 0. The molecule has 2 N–H and O–H groups in total. The second-order valence-corrected chi connectivity index (χ2v) is 5.07. The molecule has 0 heterocycles. The van der Waals surface area contributed by atoms with Crippen LogP contribution in [0.15, 0.2) is 18.2 Å². The molecule has 2 rings (SSSR count). The summed E-state index contributed by atoms with van der Waals surface area (Å²) in [6.45, 7) is 5.21. The third-order valence-electron chi connectivity index (χ3n) is 3.14. The molecule has 3 heteroatoms. The van der Waals surface area contributed by atoms with E-state index in [4.69, 9.17) is 5.73 Å². The molecule has 1 aliphatic carbocycles. The van der Waals surface area contributed by atoms with Gasteiger partial charge in [0.25, 0.3) is 0 Å². The summed E-state index contributed by atoms with van der Waals surface area (Å²) in [6, 6.07) is 4.83. The van der Waals surface area contributed by atoms with Gasteiger partial charge in [0.1, 0.15) is 5.82 Å². The predicted molar refractivity (Wildman–Crippen MR) is 69.1 cm³/mol. The number of nitrogens with zero attached hydrogens (tertiary/aromatic N) is 1. The molecule has 1 fully saturated rings.